The number of fused-ring (bicyclic) bond motifs is 1. The summed E-state index contributed by atoms with van der Waals surface area (Å²) in [4.78, 5) is 0. The van der Waals surface area contributed by atoms with Gasteiger partial charge in [-0.15, -0.1) is 0 Å². The first-order valence-electron chi connectivity index (χ1n) is 5.63. The Morgan fingerprint density at radius 2 is 1.88 bits per heavy atom. The first-order valence-corrected chi connectivity index (χ1v) is 12.0. The van der Waals surface area contributed by atoms with Gasteiger partial charge in [0.05, 0.1) is 0 Å². The number of hydrogen-bond acceptors (Lipinski definition) is 0. The zero-order valence-electron chi connectivity index (χ0n) is 10.4. The van der Waals surface area contributed by atoms with Gasteiger partial charge in [0.15, 0.2) is 0 Å². The van der Waals surface area contributed by atoms with E-state index in [4.69, 9.17) is 17.0 Å². The SMILES string of the molecule is [CH2]C1C(C)=Cc2c(C(C)C)cccc21.[Cl][Zr][Cl]. The summed E-state index contributed by atoms with van der Waals surface area (Å²) < 4.78 is 0. The molecule has 91 valence electrons. The second kappa shape index (κ2) is 7.12. The van der Waals surface area contributed by atoms with Gasteiger partial charge in [0.1, 0.15) is 0 Å². The summed E-state index contributed by atoms with van der Waals surface area (Å²) in [6, 6.07) is 6.58. The van der Waals surface area contributed by atoms with E-state index < -0.39 is 20.8 Å². The van der Waals surface area contributed by atoms with Crippen molar-refractivity contribution in [2.75, 3.05) is 0 Å². The molecule has 0 heterocycles. The fraction of sp³-hybridized carbons (Fsp3) is 0.357. The van der Waals surface area contributed by atoms with Crippen LogP contribution in [0.25, 0.3) is 6.08 Å². The number of benzene rings is 1. The van der Waals surface area contributed by atoms with Crippen molar-refractivity contribution in [2.24, 2.45) is 0 Å². The Balaban J connectivity index is 0.000000437. The Hall–Kier alpha value is 0.423. The fourth-order valence-corrected chi connectivity index (χ4v) is 2.15. The van der Waals surface area contributed by atoms with Gasteiger partial charge in [-0.25, -0.2) is 0 Å². The summed E-state index contributed by atoms with van der Waals surface area (Å²) in [5.41, 5.74) is 5.65. The summed E-state index contributed by atoms with van der Waals surface area (Å²) in [6.07, 6.45) is 2.29. The van der Waals surface area contributed by atoms with E-state index in [0.717, 1.165) is 0 Å². The van der Waals surface area contributed by atoms with Crippen molar-refractivity contribution >= 4 is 23.1 Å². The predicted molar refractivity (Wildman–Crippen MR) is 74.0 cm³/mol. The van der Waals surface area contributed by atoms with Gasteiger partial charge in [-0.3, -0.25) is 0 Å². The molecular weight excluding hydrogens is 330 g/mol. The van der Waals surface area contributed by atoms with Gasteiger partial charge >= 0.3 is 37.9 Å². The molecule has 0 amide bonds. The summed E-state index contributed by atoms with van der Waals surface area (Å²) in [5.74, 6) is 0.961. The van der Waals surface area contributed by atoms with E-state index in [0.29, 0.717) is 11.8 Å². The second-order valence-corrected chi connectivity index (χ2v) is 8.25. The average Bonchev–Trinajstić information content (AvgIpc) is 2.56. The number of allylic oxidation sites excluding steroid dienone is 1. The van der Waals surface area contributed by atoms with Crippen LogP contribution >= 0.6 is 17.0 Å². The van der Waals surface area contributed by atoms with Gasteiger partial charge in [-0.05, 0) is 36.5 Å². The molecule has 0 bridgehead atoms. The van der Waals surface area contributed by atoms with Gasteiger partial charge < -0.3 is 0 Å². The van der Waals surface area contributed by atoms with Crippen LogP contribution in [0.5, 0.6) is 0 Å². The molecule has 1 aromatic carbocycles. The topological polar surface area (TPSA) is 0 Å². The maximum atomic E-state index is 4.93. The maximum absolute atomic E-state index is 4.93. The molecule has 1 radical (unpaired) electrons. The van der Waals surface area contributed by atoms with Crippen LogP contribution in [0.15, 0.2) is 23.8 Å². The van der Waals surface area contributed by atoms with Crippen LogP contribution in [0.1, 0.15) is 49.3 Å². The third-order valence-corrected chi connectivity index (χ3v) is 3.09. The molecular formula is C14H17Cl2Zr. The van der Waals surface area contributed by atoms with Gasteiger partial charge in [0, 0.05) is 5.92 Å². The number of hydrogen-bond donors (Lipinski definition) is 0. The zero-order chi connectivity index (χ0) is 13.0. The van der Waals surface area contributed by atoms with Crippen molar-refractivity contribution in [3.8, 4) is 0 Å². The van der Waals surface area contributed by atoms with Gasteiger partial charge in [0.2, 0.25) is 0 Å². The van der Waals surface area contributed by atoms with Crippen LogP contribution in [0.4, 0.5) is 0 Å². The molecule has 0 saturated heterocycles. The van der Waals surface area contributed by atoms with E-state index in [1.165, 1.54) is 22.3 Å². The van der Waals surface area contributed by atoms with E-state index in [-0.39, 0.29) is 0 Å². The van der Waals surface area contributed by atoms with Crippen LogP contribution in [0.2, 0.25) is 0 Å². The summed E-state index contributed by atoms with van der Waals surface area (Å²) in [6.45, 7) is 10.9. The van der Waals surface area contributed by atoms with Crippen LogP contribution < -0.4 is 0 Å². The Kier molecular flexibility index (Phi) is 6.48. The van der Waals surface area contributed by atoms with Crippen molar-refractivity contribution in [2.45, 2.75) is 32.6 Å². The van der Waals surface area contributed by atoms with Crippen molar-refractivity contribution in [3.63, 3.8) is 0 Å². The molecule has 0 fully saturated rings. The average molecular weight is 347 g/mol. The van der Waals surface area contributed by atoms with Gasteiger partial charge in [-0.2, -0.15) is 0 Å². The van der Waals surface area contributed by atoms with E-state index in [1.54, 1.807) is 0 Å². The zero-order valence-corrected chi connectivity index (χ0v) is 14.4. The third-order valence-electron chi connectivity index (χ3n) is 3.09. The minimum absolute atomic E-state index is 0.365. The molecule has 1 aromatic rings. The summed E-state index contributed by atoms with van der Waals surface area (Å²) >= 11 is -0.826. The quantitative estimate of drug-likeness (QED) is 0.627. The Morgan fingerprint density at radius 3 is 2.41 bits per heavy atom. The normalized spacial score (nSPS) is 17.1. The molecule has 0 N–H and O–H groups in total. The molecule has 0 spiro atoms. The Bertz CT molecular complexity index is 411. The second-order valence-electron chi connectivity index (χ2n) is 4.52. The van der Waals surface area contributed by atoms with Crippen molar-refractivity contribution < 1.29 is 20.8 Å². The number of rotatable bonds is 1. The Labute approximate surface area is 123 Å². The molecule has 1 aliphatic rings. The standard InChI is InChI=1S/C14H17.2ClH.Zr/c1-9(2)12-6-5-7-13-11(4)10(3)8-14(12)13;;;/h5-9,11H,4H2,1-3H3;2*1H;/q;;;+2/p-2. The fourth-order valence-electron chi connectivity index (χ4n) is 2.15. The molecule has 0 aromatic heterocycles. The summed E-state index contributed by atoms with van der Waals surface area (Å²) in [5, 5.41) is 0. The van der Waals surface area contributed by atoms with Crippen LogP contribution in [0.3, 0.4) is 0 Å². The molecule has 2 rings (SSSR count). The number of halogens is 2. The predicted octanol–water partition coefficient (Wildman–Crippen LogP) is 5.52. The van der Waals surface area contributed by atoms with Gasteiger partial charge in [-0.1, -0.05) is 43.7 Å². The molecule has 17 heavy (non-hydrogen) atoms. The molecule has 3 heteroatoms. The molecule has 1 unspecified atom stereocenters. The monoisotopic (exact) mass is 345 g/mol. The van der Waals surface area contributed by atoms with E-state index in [9.17, 15) is 0 Å². The van der Waals surface area contributed by atoms with Crippen LogP contribution in [0, 0.1) is 6.92 Å². The molecule has 0 aliphatic heterocycles. The molecule has 1 aliphatic carbocycles. The first kappa shape index (κ1) is 15.5. The Morgan fingerprint density at radius 1 is 1.29 bits per heavy atom. The summed E-state index contributed by atoms with van der Waals surface area (Å²) in [7, 11) is 9.87. The van der Waals surface area contributed by atoms with Crippen LogP contribution in [-0.4, -0.2) is 0 Å². The van der Waals surface area contributed by atoms with Gasteiger partial charge in [0.25, 0.3) is 0 Å². The van der Waals surface area contributed by atoms with Crippen molar-refractivity contribution in [3.05, 3.63) is 47.4 Å². The van der Waals surface area contributed by atoms with E-state index >= 15 is 0 Å². The van der Waals surface area contributed by atoms with Crippen molar-refractivity contribution in [1.82, 2.24) is 0 Å². The molecule has 0 nitrogen and oxygen atoms in total. The van der Waals surface area contributed by atoms with E-state index in [2.05, 4.69) is 52.0 Å². The minimum atomic E-state index is -0.826. The first-order chi connectivity index (χ1) is 8.02. The third kappa shape index (κ3) is 3.69. The van der Waals surface area contributed by atoms with Crippen molar-refractivity contribution in [1.29, 1.82) is 0 Å². The van der Waals surface area contributed by atoms with E-state index in [1.807, 2.05) is 0 Å². The molecule has 1 atom stereocenters. The molecule has 0 saturated carbocycles. The van der Waals surface area contributed by atoms with Crippen LogP contribution in [-0.2, 0) is 20.8 Å².